The van der Waals surface area contributed by atoms with Gasteiger partial charge in [0.15, 0.2) is 0 Å². The predicted octanol–water partition coefficient (Wildman–Crippen LogP) is 1.86. The molecule has 2 aliphatic heterocycles. The fraction of sp³-hybridized carbons (Fsp3) is 0.556. The fourth-order valence-electron chi connectivity index (χ4n) is 3.69. The van der Waals surface area contributed by atoms with Crippen LogP contribution in [0.4, 0.5) is 0 Å². The van der Waals surface area contributed by atoms with E-state index in [1.165, 1.54) is 15.3 Å². The number of piperidine rings is 1. The molecule has 0 unspecified atom stereocenters. The second kappa shape index (κ2) is 7.36. The van der Waals surface area contributed by atoms with E-state index < -0.39 is 27.9 Å². The molecule has 1 N–H and O–H groups in total. The quantitative estimate of drug-likeness (QED) is 0.860. The molecule has 0 saturated carbocycles. The molecule has 142 valence electrons. The molecule has 7 nitrogen and oxygen atoms in total. The lowest BCUT2D eigenvalue weighted by atomic mass is 10.1. The van der Waals surface area contributed by atoms with Crippen molar-refractivity contribution in [1.82, 2.24) is 9.21 Å². The zero-order valence-corrected chi connectivity index (χ0v) is 15.7. The SMILES string of the molecule is Cc1ccc(C(=O)N2CCC[C@H]2C(=O)O)cc1S(=O)(=O)N1CCCCC1. The van der Waals surface area contributed by atoms with Crippen LogP contribution in [0.2, 0.25) is 0 Å². The number of carboxylic acids is 1. The third-order valence-electron chi connectivity index (χ3n) is 5.17. The van der Waals surface area contributed by atoms with Crippen molar-refractivity contribution in [3.8, 4) is 0 Å². The molecule has 1 atom stereocenters. The van der Waals surface area contributed by atoms with Crippen LogP contribution in [0, 0.1) is 6.92 Å². The maximum absolute atomic E-state index is 13.0. The maximum atomic E-state index is 13.0. The van der Waals surface area contributed by atoms with E-state index in [4.69, 9.17) is 0 Å². The largest absolute Gasteiger partial charge is 0.480 e. The van der Waals surface area contributed by atoms with Gasteiger partial charge in [-0.1, -0.05) is 12.5 Å². The fourth-order valence-corrected chi connectivity index (χ4v) is 5.46. The number of carbonyl (C=O) groups is 2. The number of rotatable bonds is 4. The highest BCUT2D eigenvalue weighted by Gasteiger charge is 2.35. The van der Waals surface area contributed by atoms with Crippen LogP contribution in [0.25, 0.3) is 0 Å². The third-order valence-corrected chi connectivity index (χ3v) is 7.21. The molecule has 1 aromatic rings. The first-order chi connectivity index (χ1) is 12.3. The number of nitrogens with zero attached hydrogens (tertiary/aromatic N) is 2. The Labute approximate surface area is 153 Å². The second-order valence-corrected chi connectivity index (χ2v) is 8.85. The standard InChI is InChI=1S/C18H24N2O5S/c1-13-7-8-14(17(21)20-11-5-6-15(20)18(22)23)12-16(13)26(24,25)19-9-3-2-4-10-19/h7-8,12,15H,2-6,9-11H2,1H3,(H,22,23)/t15-/m0/s1. The molecule has 26 heavy (non-hydrogen) atoms. The predicted molar refractivity (Wildman–Crippen MR) is 95.5 cm³/mol. The van der Waals surface area contributed by atoms with Crippen molar-refractivity contribution in [2.75, 3.05) is 19.6 Å². The molecular weight excluding hydrogens is 356 g/mol. The van der Waals surface area contributed by atoms with Gasteiger partial charge in [0.05, 0.1) is 4.90 Å². The highest BCUT2D eigenvalue weighted by molar-refractivity contribution is 7.89. The summed E-state index contributed by atoms with van der Waals surface area (Å²) >= 11 is 0. The minimum Gasteiger partial charge on any atom is -0.480 e. The zero-order valence-electron chi connectivity index (χ0n) is 14.8. The Morgan fingerprint density at radius 3 is 2.42 bits per heavy atom. The van der Waals surface area contributed by atoms with Crippen molar-refractivity contribution in [1.29, 1.82) is 0 Å². The summed E-state index contributed by atoms with van der Waals surface area (Å²) in [5.41, 5.74) is 0.808. The molecule has 0 bridgehead atoms. The average molecular weight is 380 g/mol. The molecule has 0 spiro atoms. The number of benzene rings is 1. The molecular formula is C18H24N2O5S. The smallest absolute Gasteiger partial charge is 0.326 e. The summed E-state index contributed by atoms with van der Waals surface area (Å²) in [5.74, 6) is -1.45. The van der Waals surface area contributed by atoms with E-state index in [1.54, 1.807) is 19.1 Å². The van der Waals surface area contributed by atoms with Crippen LogP contribution < -0.4 is 0 Å². The number of carboxylic acid groups (broad SMARTS) is 1. The van der Waals surface area contributed by atoms with Crippen molar-refractivity contribution < 1.29 is 23.1 Å². The molecule has 0 aromatic heterocycles. The van der Waals surface area contributed by atoms with Crippen LogP contribution in [-0.4, -0.2) is 60.3 Å². The normalized spacial score (nSPS) is 21.7. The van der Waals surface area contributed by atoms with Crippen molar-refractivity contribution in [2.24, 2.45) is 0 Å². The Morgan fingerprint density at radius 1 is 1.08 bits per heavy atom. The maximum Gasteiger partial charge on any atom is 0.326 e. The number of hydrogen-bond donors (Lipinski definition) is 1. The van der Waals surface area contributed by atoms with Gasteiger partial charge in [-0.3, -0.25) is 4.79 Å². The number of carbonyl (C=O) groups excluding carboxylic acids is 1. The van der Waals surface area contributed by atoms with Crippen LogP contribution in [0.3, 0.4) is 0 Å². The van der Waals surface area contributed by atoms with Gasteiger partial charge in [0, 0.05) is 25.2 Å². The van der Waals surface area contributed by atoms with Crippen LogP contribution >= 0.6 is 0 Å². The van der Waals surface area contributed by atoms with E-state index in [1.807, 2.05) is 0 Å². The summed E-state index contributed by atoms with van der Waals surface area (Å²) in [4.78, 5) is 25.6. The van der Waals surface area contributed by atoms with E-state index in [9.17, 15) is 23.1 Å². The molecule has 2 aliphatic rings. The number of likely N-dealkylation sites (tertiary alicyclic amines) is 1. The van der Waals surface area contributed by atoms with Gasteiger partial charge in [-0.2, -0.15) is 4.31 Å². The topological polar surface area (TPSA) is 95.0 Å². The van der Waals surface area contributed by atoms with Gasteiger partial charge in [0.25, 0.3) is 5.91 Å². The van der Waals surface area contributed by atoms with E-state index in [0.29, 0.717) is 38.0 Å². The minimum atomic E-state index is -3.66. The van der Waals surface area contributed by atoms with Crippen LogP contribution in [0.15, 0.2) is 23.1 Å². The molecule has 2 heterocycles. The van der Waals surface area contributed by atoms with Crippen molar-refractivity contribution >= 4 is 21.9 Å². The number of aryl methyl sites for hydroxylation is 1. The Morgan fingerprint density at radius 2 is 1.77 bits per heavy atom. The molecule has 1 aromatic carbocycles. The first-order valence-corrected chi connectivity index (χ1v) is 10.4. The van der Waals surface area contributed by atoms with Gasteiger partial charge in [-0.15, -0.1) is 0 Å². The van der Waals surface area contributed by atoms with Crippen LogP contribution in [-0.2, 0) is 14.8 Å². The van der Waals surface area contributed by atoms with Gasteiger partial charge >= 0.3 is 5.97 Å². The Balaban J connectivity index is 1.92. The van der Waals surface area contributed by atoms with Crippen LogP contribution in [0.1, 0.15) is 48.0 Å². The molecule has 0 radical (unpaired) electrons. The van der Waals surface area contributed by atoms with Crippen molar-refractivity contribution in [2.45, 2.75) is 50.0 Å². The first kappa shape index (κ1) is 18.8. The van der Waals surface area contributed by atoms with Crippen molar-refractivity contribution in [3.63, 3.8) is 0 Å². The number of sulfonamides is 1. The molecule has 2 saturated heterocycles. The summed E-state index contributed by atoms with van der Waals surface area (Å²) in [7, 11) is -3.66. The number of aliphatic carboxylic acids is 1. The molecule has 8 heteroatoms. The Bertz CT molecular complexity index is 815. The van der Waals surface area contributed by atoms with Gasteiger partial charge in [0.2, 0.25) is 10.0 Å². The van der Waals surface area contributed by atoms with E-state index >= 15 is 0 Å². The van der Waals surface area contributed by atoms with E-state index in [0.717, 1.165) is 19.3 Å². The lowest BCUT2D eigenvalue weighted by Crippen LogP contribution is -2.40. The first-order valence-electron chi connectivity index (χ1n) is 8.97. The highest BCUT2D eigenvalue weighted by atomic mass is 32.2. The second-order valence-electron chi connectivity index (χ2n) is 6.94. The molecule has 3 rings (SSSR count). The molecule has 2 fully saturated rings. The summed E-state index contributed by atoms with van der Waals surface area (Å²) < 4.78 is 27.4. The highest BCUT2D eigenvalue weighted by Crippen LogP contribution is 2.26. The summed E-state index contributed by atoms with van der Waals surface area (Å²) in [6, 6.07) is 3.75. The zero-order chi connectivity index (χ0) is 18.9. The Hall–Kier alpha value is -1.93. The molecule has 1 amide bonds. The lowest BCUT2D eigenvalue weighted by Gasteiger charge is -2.27. The van der Waals surface area contributed by atoms with E-state index in [2.05, 4.69) is 0 Å². The van der Waals surface area contributed by atoms with Gasteiger partial charge < -0.3 is 10.0 Å². The van der Waals surface area contributed by atoms with Crippen LogP contribution in [0.5, 0.6) is 0 Å². The number of amides is 1. The van der Waals surface area contributed by atoms with Gasteiger partial charge in [-0.25, -0.2) is 13.2 Å². The monoisotopic (exact) mass is 380 g/mol. The summed E-state index contributed by atoms with van der Waals surface area (Å²) in [6.07, 6.45) is 3.75. The van der Waals surface area contributed by atoms with Gasteiger partial charge in [0.1, 0.15) is 6.04 Å². The lowest BCUT2D eigenvalue weighted by molar-refractivity contribution is -0.141. The summed E-state index contributed by atoms with van der Waals surface area (Å²) in [6.45, 7) is 3.07. The van der Waals surface area contributed by atoms with Gasteiger partial charge in [-0.05, 0) is 50.3 Å². The number of hydrogen-bond acceptors (Lipinski definition) is 4. The minimum absolute atomic E-state index is 0.135. The Kier molecular flexibility index (Phi) is 5.34. The van der Waals surface area contributed by atoms with E-state index in [-0.39, 0.29) is 10.5 Å². The average Bonchev–Trinajstić information content (AvgIpc) is 3.12. The van der Waals surface area contributed by atoms with Crippen molar-refractivity contribution in [3.05, 3.63) is 29.3 Å². The summed E-state index contributed by atoms with van der Waals surface area (Å²) in [5, 5.41) is 9.28. The third kappa shape index (κ3) is 3.48. The molecule has 0 aliphatic carbocycles.